The standard InChI is InChI=1S/C17H27N3O3/c1-11(2)15(19-16(21)14-7-5-9-23-14)17(22)20-8-4-6-13(10-20)12(3)18/h5,7,9,11-13,15H,4,6,8,10,18H2,1-3H3,(H,19,21). The molecule has 1 saturated heterocycles. The van der Waals surface area contributed by atoms with E-state index in [1.165, 1.54) is 6.26 Å². The maximum atomic E-state index is 12.9. The Balaban J connectivity index is 2.04. The lowest BCUT2D eigenvalue weighted by Crippen LogP contribution is -2.54. The Morgan fingerprint density at radius 1 is 1.39 bits per heavy atom. The summed E-state index contributed by atoms with van der Waals surface area (Å²) in [5.74, 6) is 0.141. The van der Waals surface area contributed by atoms with Gasteiger partial charge in [0.05, 0.1) is 6.26 Å². The number of hydrogen-bond acceptors (Lipinski definition) is 4. The number of nitrogens with zero attached hydrogens (tertiary/aromatic N) is 1. The molecule has 23 heavy (non-hydrogen) atoms. The molecule has 2 rings (SSSR count). The van der Waals surface area contributed by atoms with Crippen LogP contribution in [-0.4, -0.2) is 41.9 Å². The second-order valence-corrected chi connectivity index (χ2v) is 6.72. The topological polar surface area (TPSA) is 88.6 Å². The van der Waals surface area contributed by atoms with E-state index in [-0.39, 0.29) is 29.5 Å². The first-order valence-electron chi connectivity index (χ1n) is 8.29. The molecule has 6 heteroatoms. The minimum absolute atomic E-state index is 0.00270. The van der Waals surface area contributed by atoms with E-state index in [0.29, 0.717) is 12.5 Å². The van der Waals surface area contributed by atoms with Gasteiger partial charge < -0.3 is 20.4 Å². The summed E-state index contributed by atoms with van der Waals surface area (Å²) in [5.41, 5.74) is 5.99. The van der Waals surface area contributed by atoms with Crippen LogP contribution in [0.1, 0.15) is 44.2 Å². The molecule has 6 nitrogen and oxygen atoms in total. The van der Waals surface area contributed by atoms with Crippen LogP contribution in [0.15, 0.2) is 22.8 Å². The van der Waals surface area contributed by atoms with E-state index in [1.807, 2.05) is 25.7 Å². The molecule has 1 aliphatic heterocycles. The van der Waals surface area contributed by atoms with E-state index in [9.17, 15) is 9.59 Å². The molecular formula is C17H27N3O3. The highest BCUT2D eigenvalue weighted by atomic mass is 16.3. The van der Waals surface area contributed by atoms with Crippen molar-refractivity contribution in [1.29, 1.82) is 0 Å². The van der Waals surface area contributed by atoms with Gasteiger partial charge in [0.2, 0.25) is 5.91 Å². The zero-order valence-electron chi connectivity index (χ0n) is 14.1. The molecule has 1 aliphatic rings. The summed E-state index contributed by atoms with van der Waals surface area (Å²) in [7, 11) is 0. The molecule has 0 spiro atoms. The maximum absolute atomic E-state index is 12.9. The first kappa shape index (κ1) is 17.5. The van der Waals surface area contributed by atoms with Crippen molar-refractivity contribution in [3.63, 3.8) is 0 Å². The Hall–Kier alpha value is -1.82. The van der Waals surface area contributed by atoms with E-state index < -0.39 is 6.04 Å². The van der Waals surface area contributed by atoms with E-state index in [4.69, 9.17) is 10.2 Å². The van der Waals surface area contributed by atoms with E-state index >= 15 is 0 Å². The van der Waals surface area contributed by atoms with Crippen LogP contribution in [0.25, 0.3) is 0 Å². The summed E-state index contributed by atoms with van der Waals surface area (Å²) in [4.78, 5) is 26.9. The van der Waals surface area contributed by atoms with Gasteiger partial charge in [0.1, 0.15) is 6.04 Å². The number of nitrogens with one attached hydrogen (secondary N) is 1. The fraction of sp³-hybridized carbons (Fsp3) is 0.647. The molecule has 0 aromatic carbocycles. The van der Waals surface area contributed by atoms with Crippen molar-refractivity contribution in [1.82, 2.24) is 10.2 Å². The van der Waals surface area contributed by atoms with Crippen molar-refractivity contribution in [2.45, 2.75) is 45.7 Å². The lowest BCUT2D eigenvalue weighted by molar-refractivity contribution is -0.136. The number of nitrogens with two attached hydrogens (primary N) is 1. The monoisotopic (exact) mass is 321 g/mol. The van der Waals surface area contributed by atoms with Crippen molar-refractivity contribution in [2.75, 3.05) is 13.1 Å². The second kappa shape index (κ2) is 7.64. The highest BCUT2D eigenvalue weighted by molar-refractivity contribution is 5.95. The first-order valence-corrected chi connectivity index (χ1v) is 8.29. The summed E-state index contributed by atoms with van der Waals surface area (Å²) in [6, 6.07) is 2.75. The average Bonchev–Trinajstić information content (AvgIpc) is 3.06. The summed E-state index contributed by atoms with van der Waals surface area (Å²) < 4.78 is 5.10. The van der Waals surface area contributed by atoms with Gasteiger partial charge in [-0.3, -0.25) is 9.59 Å². The number of likely N-dealkylation sites (tertiary alicyclic amines) is 1. The fourth-order valence-electron chi connectivity index (χ4n) is 2.97. The van der Waals surface area contributed by atoms with Gasteiger partial charge in [-0.1, -0.05) is 13.8 Å². The Bertz CT molecular complexity index is 525. The van der Waals surface area contributed by atoms with Crippen LogP contribution in [0.2, 0.25) is 0 Å². The third-order valence-corrected chi connectivity index (χ3v) is 4.48. The predicted molar refractivity (Wildman–Crippen MR) is 87.8 cm³/mol. The van der Waals surface area contributed by atoms with Gasteiger partial charge >= 0.3 is 0 Å². The zero-order chi connectivity index (χ0) is 17.0. The molecule has 2 amide bonds. The molecule has 1 fully saturated rings. The Morgan fingerprint density at radius 3 is 2.70 bits per heavy atom. The molecule has 0 saturated carbocycles. The van der Waals surface area contributed by atoms with Gasteiger partial charge in [-0.05, 0) is 43.7 Å². The average molecular weight is 321 g/mol. The molecule has 0 bridgehead atoms. The van der Waals surface area contributed by atoms with Gasteiger partial charge in [0, 0.05) is 19.1 Å². The smallest absolute Gasteiger partial charge is 0.287 e. The minimum atomic E-state index is -0.556. The molecule has 0 radical (unpaired) electrons. The molecule has 3 unspecified atom stereocenters. The van der Waals surface area contributed by atoms with Gasteiger partial charge in [0.15, 0.2) is 5.76 Å². The Kier molecular flexibility index (Phi) is 5.82. The van der Waals surface area contributed by atoms with Crippen LogP contribution >= 0.6 is 0 Å². The molecule has 0 aliphatic carbocycles. The predicted octanol–water partition coefficient (Wildman–Crippen LogP) is 1.62. The lowest BCUT2D eigenvalue weighted by atomic mass is 9.91. The summed E-state index contributed by atoms with van der Waals surface area (Å²) in [5, 5.41) is 2.80. The number of furan rings is 1. The largest absolute Gasteiger partial charge is 0.459 e. The van der Waals surface area contributed by atoms with Crippen molar-refractivity contribution in [3.05, 3.63) is 24.2 Å². The summed E-state index contributed by atoms with van der Waals surface area (Å²) in [6.45, 7) is 7.23. The third kappa shape index (κ3) is 4.34. The zero-order valence-corrected chi connectivity index (χ0v) is 14.1. The molecular weight excluding hydrogens is 294 g/mol. The van der Waals surface area contributed by atoms with Gasteiger partial charge in [-0.2, -0.15) is 0 Å². The molecule has 1 aromatic heterocycles. The number of piperidine rings is 1. The quantitative estimate of drug-likeness (QED) is 0.862. The molecule has 3 atom stereocenters. The van der Waals surface area contributed by atoms with Crippen molar-refractivity contribution in [2.24, 2.45) is 17.6 Å². The molecule has 1 aromatic rings. The fourth-order valence-corrected chi connectivity index (χ4v) is 2.97. The summed E-state index contributed by atoms with van der Waals surface area (Å²) >= 11 is 0. The maximum Gasteiger partial charge on any atom is 0.287 e. The number of amides is 2. The lowest BCUT2D eigenvalue weighted by Gasteiger charge is -2.37. The van der Waals surface area contributed by atoms with Crippen LogP contribution in [0.4, 0.5) is 0 Å². The highest BCUT2D eigenvalue weighted by Gasteiger charge is 2.33. The minimum Gasteiger partial charge on any atom is -0.459 e. The first-order chi connectivity index (χ1) is 10.9. The number of hydrogen-bond donors (Lipinski definition) is 2. The highest BCUT2D eigenvalue weighted by Crippen LogP contribution is 2.20. The van der Waals surface area contributed by atoms with E-state index in [1.54, 1.807) is 12.1 Å². The van der Waals surface area contributed by atoms with Crippen LogP contribution < -0.4 is 11.1 Å². The molecule has 2 heterocycles. The number of carbonyl (C=O) groups is 2. The van der Waals surface area contributed by atoms with Gasteiger partial charge in [-0.15, -0.1) is 0 Å². The van der Waals surface area contributed by atoms with Gasteiger partial charge in [-0.25, -0.2) is 0 Å². The van der Waals surface area contributed by atoms with Crippen LogP contribution in [0, 0.1) is 11.8 Å². The Morgan fingerprint density at radius 2 is 2.13 bits per heavy atom. The molecule has 128 valence electrons. The summed E-state index contributed by atoms with van der Waals surface area (Å²) in [6.07, 6.45) is 3.44. The normalized spacial score (nSPS) is 21.1. The van der Waals surface area contributed by atoms with Crippen molar-refractivity contribution in [3.8, 4) is 0 Å². The van der Waals surface area contributed by atoms with Crippen LogP contribution in [-0.2, 0) is 4.79 Å². The van der Waals surface area contributed by atoms with Gasteiger partial charge in [0.25, 0.3) is 5.91 Å². The SMILES string of the molecule is CC(C)C(NC(=O)c1ccco1)C(=O)N1CCCC(C(C)N)C1. The second-order valence-electron chi connectivity index (χ2n) is 6.72. The van der Waals surface area contributed by atoms with E-state index in [2.05, 4.69) is 5.32 Å². The van der Waals surface area contributed by atoms with Crippen molar-refractivity contribution >= 4 is 11.8 Å². The molecule has 3 N–H and O–H groups in total. The van der Waals surface area contributed by atoms with Crippen LogP contribution in [0.3, 0.4) is 0 Å². The number of rotatable bonds is 5. The Labute approximate surface area is 137 Å². The van der Waals surface area contributed by atoms with Crippen LogP contribution in [0.5, 0.6) is 0 Å². The van der Waals surface area contributed by atoms with E-state index in [0.717, 1.165) is 19.4 Å². The third-order valence-electron chi connectivity index (χ3n) is 4.48. The van der Waals surface area contributed by atoms with Crippen molar-refractivity contribution < 1.29 is 14.0 Å². The number of carbonyl (C=O) groups excluding carboxylic acids is 2.